The van der Waals surface area contributed by atoms with E-state index in [2.05, 4.69) is 15.5 Å². The SMILES string of the molecule is O=C(Nc1cnn(Cc2ccc(F)cc2Cl)c1)c1ccn(COc2c(Cl)cccc2Cl)n1. The number of aromatic nitrogens is 4. The highest BCUT2D eigenvalue weighted by molar-refractivity contribution is 6.37. The van der Waals surface area contributed by atoms with Crippen molar-refractivity contribution in [3.8, 4) is 5.75 Å². The Hall–Kier alpha value is -3.07. The molecule has 0 aliphatic rings. The van der Waals surface area contributed by atoms with E-state index in [1.807, 2.05) is 0 Å². The van der Waals surface area contributed by atoms with Gasteiger partial charge in [-0.1, -0.05) is 46.9 Å². The second-order valence-electron chi connectivity index (χ2n) is 6.68. The smallest absolute Gasteiger partial charge is 0.276 e. The molecule has 11 heteroatoms. The zero-order valence-electron chi connectivity index (χ0n) is 16.3. The van der Waals surface area contributed by atoms with Crippen molar-refractivity contribution < 1.29 is 13.9 Å². The van der Waals surface area contributed by atoms with Crippen LogP contribution in [0.25, 0.3) is 0 Å². The molecular formula is C21H15Cl3FN5O2. The van der Waals surface area contributed by atoms with E-state index in [4.69, 9.17) is 39.5 Å². The number of para-hydroxylation sites is 1. The van der Waals surface area contributed by atoms with E-state index in [0.717, 1.165) is 0 Å². The fraction of sp³-hybridized carbons (Fsp3) is 0.0952. The van der Waals surface area contributed by atoms with Crippen molar-refractivity contribution in [2.75, 3.05) is 5.32 Å². The van der Waals surface area contributed by atoms with Gasteiger partial charge in [0.25, 0.3) is 5.91 Å². The van der Waals surface area contributed by atoms with E-state index in [1.54, 1.807) is 47.4 Å². The molecule has 7 nitrogen and oxygen atoms in total. The molecule has 0 unspecified atom stereocenters. The van der Waals surface area contributed by atoms with Crippen molar-refractivity contribution in [3.05, 3.63) is 93.2 Å². The topological polar surface area (TPSA) is 74.0 Å². The number of halogens is 4. The van der Waals surface area contributed by atoms with Crippen molar-refractivity contribution in [2.45, 2.75) is 13.3 Å². The number of hydrogen-bond donors (Lipinski definition) is 1. The highest BCUT2D eigenvalue weighted by Crippen LogP contribution is 2.32. The largest absolute Gasteiger partial charge is 0.468 e. The van der Waals surface area contributed by atoms with Crippen molar-refractivity contribution in [1.29, 1.82) is 0 Å². The zero-order valence-corrected chi connectivity index (χ0v) is 18.6. The molecule has 1 amide bonds. The molecule has 0 radical (unpaired) electrons. The standard InChI is InChI=1S/C21H15Cl3FN5O2/c22-16-2-1-3-17(23)20(16)32-12-29-7-6-19(28-29)21(31)27-15-9-26-30(11-15)10-13-4-5-14(25)8-18(13)24/h1-9,11H,10,12H2,(H,27,31). The van der Waals surface area contributed by atoms with Crippen LogP contribution in [0.4, 0.5) is 10.1 Å². The Bertz CT molecular complexity index is 1250. The van der Waals surface area contributed by atoms with Gasteiger partial charge < -0.3 is 10.1 Å². The highest BCUT2D eigenvalue weighted by atomic mass is 35.5. The van der Waals surface area contributed by atoms with Crippen LogP contribution in [0.2, 0.25) is 15.1 Å². The lowest BCUT2D eigenvalue weighted by molar-refractivity contribution is 0.102. The number of amides is 1. The van der Waals surface area contributed by atoms with Crippen molar-refractivity contribution >= 4 is 46.4 Å². The van der Waals surface area contributed by atoms with Crippen molar-refractivity contribution in [1.82, 2.24) is 19.6 Å². The van der Waals surface area contributed by atoms with Gasteiger partial charge in [0.05, 0.1) is 28.5 Å². The van der Waals surface area contributed by atoms with Gasteiger partial charge in [-0.05, 0) is 35.9 Å². The van der Waals surface area contributed by atoms with Gasteiger partial charge in [0.2, 0.25) is 0 Å². The van der Waals surface area contributed by atoms with Crippen LogP contribution in [-0.2, 0) is 13.3 Å². The van der Waals surface area contributed by atoms with E-state index in [-0.39, 0.29) is 12.4 Å². The predicted octanol–water partition coefficient (Wildman–Crippen LogP) is 5.52. The Kier molecular flexibility index (Phi) is 6.64. The third-order valence-corrected chi connectivity index (χ3v) is 5.32. The van der Waals surface area contributed by atoms with Crippen LogP contribution in [0.1, 0.15) is 16.1 Å². The summed E-state index contributed by atoms with van der Waals surface area (Å²) in [7, 11) is 0. The monoisotopic (exact) mass is 493 g/mol. The number of carbonyl (C=O) groups is 1. The molecule has 164 valence electrons. The summed E-state index contributed by atoms with van der Waals surface area (Å²) < 4.78 is 21.8. The molecule has 0 spiro atoms. The Morgan fingerprint density at radius 3 is 2.59 bits per heavy atom. The number of carbonyl (C=O) groups excluding carboxylic acids is 1. The van der Waals surface area contributed by atoms with Crippen LogP contribution in [0.15, 0.2) is 61.1 Å². The third kappa shape index (κ3) is 5.21. The number of ether oxygens (including phenoxy) is 1. The van der Waals surface area contributed by atoms with Crippen LogP contribution in [0.3, 0.4) is 0 Å². The van der Waals surface area contributed by atoms with E-state index in [1.165, 1.54) is 23.0 Å². The first-order valence-corrected chi connectivity index (χ1v) is 10.4. The quantitative estimate of drug-likeness (QED) is 0.367. The number of rotatable bonds is 7. The van der Waals surface area contributed by atoms with Gasteiger partial charge in [-0.15, -0.1) is 0 Å². The molecular weight excluding hydrogens is 480 g/mol. The molecule has 2 aromatic carbocycles. The summed E-state index contributed by atoms with van der Waals surface area (Å²) >= 11 is 18.2. The third-order valence-electron chi connectivity index (χ3n) is 4.37. The van der Waals surface area contributed by atoms with Crippen LogP contribution < -0.4 is 10.1 Å². The van der Waals surface area contributed by atoms with Crippen LogP contribution >= 0.6 is 34.8 Å². The molecule has 32 heavy (non-hydrogen) atoms. The van der Waals surface area contributed by atoms with Crippen LogP contribution in [-0.4, -0.2) is 25.5 Å². The van der Waals surface area contributed by atoms with Crippen LogP contribution in [0.5, 0.6) is 5.75 Å². The predicted molar refractivity (Wildman–Crippen MR) is 120 cm³/mol. The average Bonchev–Trinajstić information content (AvgIpc) is 3.39. The van der Waals surface area contributed by atoms with E-state index < -0.39 is 11.7 Å². The summed E-state index contributed by atoms with van der Waals surface area (Å²) in [5.41, 5.74) is 1.36. The minimum absolute atomic E-state index is 0.0209. The maximum atomic E-state index is 13.2. The maximum absolute atomic E-state index is 13.2. The molecule has 0 aliphatic heterocycles. The Labute approximate surface area is 197 Å². The summed E-state index contributed by atoms with van der Waals surface area (Å²) in [6, 6.07) is 10.7. The second kappa shape index (κ2) is 9.60. The molecule has 4 rings (SSSR count). The van der Waals surface area contributed by atoms with Gasteiger partial charge in [-0.2, -0.15) is 10.2 Å². The lowest BCUT2D eigenvalue weighted by Gasteiger charge is -2.09. The van der Waals surface area contributed by atoms with E-state index in [0.29, 0.717) is 38.6 Å². The molecule has 2 heterocycles. The summed E-state index contributed by atoms with van der Waals surface area (Å²) in [4.78, 5) is 12.5. The molecule has 0 saturated heterocycles. The Balaban J connectivity index is 1.36. The van der Waals surface area contributed by atoms with Crippen molar-refractivity contribution in [2.24, 2.45) is 0 Å². The molecule has 0 atom stereocenters. The maximum Gasteiger partial charge on any atom is 0.276 e. The van der Waals surface area contributed by atoms with Gasteiger partial charge in [0, 0.05) is 17.4 Å². The molecule has 0 aliphatic carbocycles. The lowest BCUT2D eigenvalue weighted by Crippen LogP contribution is -2.14. The minimum Gasteiger partial charge on any atom is -0.468 e. The molecule has 1 N–H and O–H groups in total. The summed E-state index contributed by atoms with van der Waals surface area (Å²) in [5, 5.41) is 12.1. The van der Waals surface area contributed by atoms with Crippen LogP contribution in [0, 0.1) is 5.82 Å². The first-order chi connectivity index (χ1) is 15.4. The lowest BCUT2D eigenvalue weighted by atomic mass is 10.2. The minimum atomic E-state index is -0.418. The number of nitrogens with one attached hydrogen (secondary N) is 1. The first kappa shape index (κ1) is 22.1. The second-order valence-corrected chi connectivity index (χ2v) is 7.90. The average molecular weight is 495 g/mol. The first-order valence-electron chi connectivity index (χ1n) is 9.27. The highest BCUT2D eigenvalue weighted by Gasteiger charge is 2.13. The zero-order chi connectivity index (χ0) is 22.7. The van der Waals surface area contributed by atoms with Gasteiger partial charge >= 0.3 is 0 Å². The van der Waals surface area contributed by atoms with E-state index in [9.17, 15) is 9.18 Å². The number of benzene rings is 2. The molecule has 4 aromatic rings. The fourth-order valence-corrected chi connectivity index (χ4v) is 3.57. The number of nitrogens with zero attached hydrogens (tertiary/aromatic N) is 4. The molecule has 0 fully saturated rings. The van der Waals surface area contributed by atoms with Crippen molar-refractivity contribution in [3.63, 3.8) is 0 Å². The normalized spacial score (nSPS) is 10.9. The summed E-state index contributed by atoms with van der Waals surface area (Å²) in [6.07, 6.45) is 4.73. The molecule has 2 aromatic heterocycles. The van der Waals surface area contributed by atoms with Gasteiger partial charge in [0.1, 0.15) is 5.82 Å². The van der Waals surface area contributed by atoms with Gasteiger partial charge in [-0.25, -0.2) is 9.07 Å². The Morgan fingerprint density at radius 1 is 1.06 bits per heavy atom. The van der Waals surface area contributed by atoms with Gasteiger partial charge in [0.15, 0.2) is 18.2 Å². The van der Waals surface area contributed by atoms with E-state index >= 15 is 0 Å². The summed E-state index contributed by atoms with van der Waals surface area (Å²) in [5.74, 6) is -0.489. The summed E-state index contributed by atoms with van der Waals surface area (Å²) in [6.45, 7) is 0.346. The molecule has 0 bridgehead atoms. The van der Waals surface area contributed by atoms with Gasteiger partial charge in [-0.3, -0.25) is 9.48 Å². The number of hydrogen-bond acceptors (Lipinski definition) is 4. The fourth-order valence-electron chi connectivity index (χ4n) is 2.84. The Morgan fingerprint density at radius 2 is 1.84 bits per heavy atom. The molecule has 0 saturated carbocycles. The number of anilines is 1.